The van der Waals surface area contributed by atoms with Crippen LogP contribution in [0.25, 0.3) is 0 Å². The summed E-state index contributed by atoms with van der Waals surface area (Å²) in [6.45, 7) is 0. The lowest BCUT2D eigenvalue weighted by Gasteiger charge is -2.08. The average Bonchev–Trinajstić information content (AvgIpc) is 2.59. The minimum absolute atomic E-state index is 0.0980. The SMILES string of the molecule is O=C(O)CC/C(=N/O)c1ccc(NC(=O)c2ccc(Cl)c(Cl)c2)cc1. The summed E-state index contributed by atoms with van der Waals surface area (Å²) >= 11 is 11.7. The Labute approximate surface area is 153 Å². The van der Waals surface area contributed by atoms with Gasteiger partial charge in [0.2, 0.25) is 0 Å². The Morgan fingerprint density at radius 1 is 0.960 bits per heavy atom. The number of carboxylic acids is 1. The van der Waals surface area contributed by atoms with E-state index in [1.165, 1.54) is 12.1 Å². The average molecular weight is 381 g/mol. The van der Waals surface area contributed by atoms with E-state index in [2.05, 4.69) is 10.5 Å². The van der Waals surface area contributed by atoms with Gasteiger partial charge in [0.15, 0.2) is 0 Å². The molecule has 2 aromatic carbocycles. The number of hydrogen-bond acceptors (Lipinski definition) is 4. The Hall–Kier alpha value is -2.57. The van der Waals surface area contributed by atoms with Crippen LogP contribution in [-0.4, -0.2) is 27.9 Å². The van der Waals surface area contributed by atoms with Crippen LogP contribution in [-0.2, 0) is 4.79 Å². The highest BCUT2D eigenvalue weighted by molar-refractivity contribution is 6.42. The van der Waals surface area contributed by atoms with E-state index in [0.29, 0.717) is 21.8 Å². The van der Waals surface area contributed by atoms with Gasteiger partial charge in [0, 0.05) is 17.7 Å². The molecule has 0 aliphatic carbocycles. The number of carbonyl (C=O) groups is 2. The molecule has 0 unspecified atom stereocenters. The van der Waals surface area contributed by atoms with Gasteiger partial charge in [-0.25, -0.2) is 0 Å². The second-order valence-electron chi connectivity index (χ2n) is 5.10. The first kappa shape index (κ1) is 18.8. The summed E-state index contributed by atoms with van der Waals surface area (Å²) in [5.74, 6) is -1.33. The Morgan fingerprint density at radius 3 is 2.16 bits per heavy atom. The highest BCUT2D eigenvalue weighted by atomic mass is 35.5. The largest absolute Gasteiger partial charge is 0.481 e. The maximum absolute atomic E-state index is 12.2. The van der Waals surface area contributed by atoms with E-state index in [-0.39, 0.29) is 29.5 Å². The Balaban J connectivity index is 2.07. The molecule has 25 heavy (non-hydrogen) atoms. The lowest BCUT2D eigenvalue weighted by Crippen LogP contribution is -2.12. The monoisotopic (exact) mass is 380 g/mol. The van der Waals surface area contributed by atoms with Crippen LogP contribution in [0.15, 0.2) is 47.6 Å². The second-order valence-corrected chi connectivity index (χ2v) is 5.92. The number of hydrogen-bond donors (Lipinski definition) is 3. The zero-order chi connectivity index (χ0) is 18.4. The fourth-order valence-electron chi connectivity index (χ4n) is 2.06. The number of anilines is 1. The molecule has 2 rings (SSSR count). The number of halogens is 2. The minimum Gasteiger partial charge on any atom is -0.481 e. The number of oxime groups is 1. The lowest BCUT2D eigenvalue weighted by molar-refractivity contribution is -0.136. The number of benzene rings is 2. The van der Waals surface area contributed by atoms with E-state index < -0.39 is 5.97 Å². The summed E-state index contributed by atoms with van der Waals surface area (Å²) in [6.07, 6.45) is -0.0456. The molecular weight excluding hydrogens is 367 g/mol. The summed E-state index contributed by atoms with van der Waals surface area (Å²) in [6, 6.07) is 11.1. The number of rotatable bonds is 6. The third-order valence-electron chi connectivity index (χ3n) is 3.35. The van der Waals surface area contributed by atoms with Crippen molar-refractivity contribution < 1.29 is 19.9 Å². The van der Waals surface area contributed by atoms with Crippen molar-refractivity contribution >= 4 is 46.5 Å². The van der Waals surface area contributed by atoms with Crippen LogP contribution in [0, 0.1) is 0 Å². The van der Waals surface area contributed by atoms with Gasteiger partial charge in [0.1, 0.15) is 0 Å². The summed E-state index contributed by atoms with van der Waals surface area (Å²) in [5.41, 5.74) is 1.70. The molecule has 0 aliphatic rings. The molecular formula is C17H14Cl2N2O4. The van der Waals surface area contributed by atoms with Gasteiger partial charge < -0.3 is 15.6 Å². The Bertz CT molecular complexity index is 820. The molecule has 0 aliphatic heterocycles. The van der Waals surface area contributed by atoms with Crippen molar-refractivity contribution in [2.75, 3.05) is 5.32 Å². The van der Waals surface area contributed by atoms with E-state index >= 15 is 0 Å². The number of aliphatic carboxylic acids is 1. The van der Waals surface area contributed by atoms with Gasteiger partial charge >= 0.3 is 5.97 Å². The number of nitrogens with zero attached hydrogens (tertiary/aromatic N) is 1. The van der Waals surface area contributed by atoms with Gasteiger partial charge in [0.25, 0.3) is 5.91 Å². The molecule has 0 fully saturated rings. The molecule has 1 amide bonds. The van der Waals surface area contributed by atoms with Crippen LogP contribution >= 0.6 is 23.2 Å². The van der Waals surface area contributed by atoms with Crippen LogP contribution < -0.4 is 5.32 Å². The predicted molar refractivity (Wildman–Crippen MR) is 96.1 cm³/mol. The smallest absolute Gasteiger partial charge is 0.303 e. The predicted octanol–water partition coefficient (Wildman–Crippen LogP) is 4.29. The van der Waals surface area contributed by atoms with Gasteiger partial charge in [-0.3, -0.25) is 9.59 Å². The van der Waals surface area contributed by atoms with Crippen molar-refractivity contribution in [2.24, 2.45) is 5.16 Å². The van der Waals surface area contributed by atoms with Gasteiger partial charge in [-0.15, -0.1) is 0 Å². The van der Waals surface area contributed by atoms with E-state index in [9.17, 15) is 9.59 Å². The number of amides is 1. The Morgan fingerprint density at radius 2 is 1.60 bits per heavy atom. The highest BCUT2D eigenvalue weighted by Crippen LogP contribution is 2.23. The second kappa shape index (κ2) is 8.50. The quantitative estimate of drug-likeness (QED) is 0.395. The van der Waals surface area contributed by atoms with Crippen LogP contribution in [0.4, 0.5) is 5.69 Å². The highest BCUT2D eigenvalue weighted by Gasteiger charge is 2.10. The normalized spacial score (nSPS) is 11.2. The first-order valence-electron chi connectivity index (χ1n) is 7.20. The molecule has 0 spiro atoms. The molecule has 3 N–H and O–H groups in total. The van der Waals surface area contributed by atoms with Gasteiger partial charge in [-0.2, -0.15) is 0 Å². The van der Waals surface area contributed by atoms with E-state index in [4.69, 9.17) is 33.5 Å². The zero-order valence-corrected chi connectivity index (χ0v) is 14.4. The van der Waals surface area contributed by atoms with E-state index in [1.807, 2.05) is 0 Å². The molecule has 8 heteroatoms. The third kappa shape index (κ3) is 5.20. The fourth-order valence-corrected chi connectivity index (χ4v) is 2.36. The third-order valence-corrected chi connectivity index (χ3v) is 4.09. The summed E-state index contributed by atoms with van der Waals surface area (Å²) in [5, 5.41) is 24.2. The summed E-state index contributed by atoms with van der Waals surface area (Å²) < 4.78 is 0. The first-order valence-corrected chi connectivity index (χ1v) is 7.96. The van der Waals surface area contributed by atoms with Crippen molar-refractivity contribution in [2.45, 2.75) is 12.8 Å². The molecule has 0 saturated carbocycles. The zero-order valence-electron chi connectivity index (χ0n) is 12.9. The first-order chi connectivity index (χ1) is 11.9. The van der Waals surface area contributed by atoms with Crippen LogP contribution in [0.3, 0.4) is 0 Å². The molecule has 2 aromatic rings. The van der Waals surface area contributed by atoms with E-state index in [1.54, 1.807) is 30.3 Å². The molecule has 0 saturated heterocycles. The summed E-state index contributed by atoms with van der Waals surface area (Å²) in [4.78, 5) is 22.8. The van der Waals surface area contributed by atoms with Crippen molar-refractivity contribution in [1.82, 2.24) is 0 Å². The number of nitrogens with one attached hydrogen (secondary N) is 1. The van der Waals surface area contributed by atoms with Crippen molar-refractivity contribution in [1.29, 1.82) is 0 Å². The molecule has 0 aromatic heterocycles. The standard InChI is InChI=1S/C17H14Cl2N2O4/c18-13-6-3-11(9-14(13)19)17(24)20-12-4-1-10(2-5-12)15(21-25)7-8-16(22)23/h1-6,9,25H,7-8H2,(H,20,24)(H,22,23)/b21-15-. The molecule has 130 valence electrons. The Kier molecular flexibility index (Phi) is 6.38. The minimum atomic E-state index is -0.980. The van der Waals surface area contributed by atoms with Crippen molar-refractivity contribution in [3.8, 4) is 0 Å². The molecule has 0 atom stereocenters. The molecule has 0 radical (unpaired) electrons. The van der Waals surface area contributed by atoms with Gasteiger partial charge in [0.05, 0.1) is 22.2 Å². The number of carbonyl (C=O) groups excluding carboxylic acids is 1. The lowest BCUT2D eigenvalue weighted by atomic mass is 10.1. The molecule has 6 nitrogen and oxygen atoms in total. The van der Waals surface area contributed by atoms with E-state index in [0.717, 1.165) is 0 Å². The van der Waals surface area contributed by atoms with Crippen molar-refractivity contribution in [3.05, 3.63) is 63.6 Å². The van der Waals surface area contributed by atoms with Crippen LogP contribution in [0.5, 0.6) is 0 Å². The van der Waals surface area contributed by atoms with Crippen molar-refractivity contribution in [3.63, 3.8) is 0 Å². The number of carboxylic acid groups (broad SMARTS) is 1. The maximum Gasteiger partial charge on any atom is 0.303 e. The van der Waals surface area contributed by atoms with Crippen LogP contribution in [0.1, 0.15) is 28.8 Å². The molecule has 0 bridgehead atoms. The molecule has 0 heterocycles. The summed E-state index contributed by atoms with van der Waals surface area (Å²) in [7, 11) is 0. The van der Waals surface area contributed by atoms with Gasteiger partial charge in [-0.1, -0.05) is 40.5 Å². The van der Waals surface area contributed by atoms with Gasteiger partial charge in [-0.05, 0) is 35.9 Å². The van der Waals surface area contributed by atoms with Crippen LogP contribution in [0.2, 0.25) is 10.0 Å². The fraction of sp³-hybridized carbons (Fsp3) is 0.118. The topological polar surface area (TPSA) is 99.0 Å². The maximum atomic E-state index is 12.2.